The molecule has 0 radical (unpaired) electrons. The summed E-state index contributed by atoms with van der Waals surface area (Å²) in [5.74, 6) is 1.33. The minimum atomic E-state index is -0.188. The highest BCUT2D eigenvalue weighted by Crippen LogP contribution is 2.25. The van der Waals surface area contributed by atoms with Gasteiger partial charge < -0.3 is 15.7 Å². The minimum absolute atomic E-state index is 0.0142. The van der Waals surface area contributed by atoms with E-state index in [1.54, 1.807) is 10.7 Å². The average molecular weight is 460 g/mol. The van der Waals surface area contributed by atoms with Crippen molar-refractivity contribution < 1.29 is 5.11 Å². The maximum absolute atomic E-state index is 9.91. The Morgan fingerprint density at radius 3 is 2.41 bits per heavy atom. The van der Waals surface area contributed by atoms with Crippen LogP contribution in [0.3, 0.4) is 0 Å². The van der Waals surface area contributed by atoms with Crippen molar-refractivity contribution >= 4 is 17.5 Å². The molecule has 0 saturated heterocycles. The van der Waals surface area contributed by atoms with Crippen LogP contribution in [0.2, 0.25) is 0 Å². The molecular formula is C26H33N7O. The summed E-state index contributed by atoms with van der Waals surface area (Å²) in [6.07, 6.45) is 3.64. The van der Waals surface area contributed by atoms with Crippen LogP contribution >= 0.6 is 0 Å². The van der Waals surface area contributed by atoms with Gasteiger partial charge in [0.25, 0.3) is 0 Å². The van der Waals surface area contributed by atoms with E-state index in [9.17, 15) is 5.11 Å². The maximum atomic E-state index is 9.91. The van der Waals surface area contributed by atoms with Crippen molar-refractivity contribution in [3.8, 4) is 11.3 Å². The Bertz CT molecular complexity index is 1230. The van der Waals surface area contributed by atoms with Crippen LogP contribution in [-0.2, 0) is 6.54 Å². The molecule has 3 heterocycles. The van der Waals surface area contributed by atoms with E-state index >= 15 is 0 Å². The number of nitrogens with zero attached hydrogens (tertiary/aromatic N) is 5. The Kier molecular flexibility index (Phi) is 6.79. The largest absolute Gasteiger partial charge is 0.394 e. The van der Waals surface area contributed by atoms with E-state index in [0.29, 0.717) is 18.4 Å². The van der Waals surface area contributed by atoms with Gasteiger partial charge in [-0.2, -0.15) is 19.6 Å². The van der Waals surface area contributed by atoms with E-state index in [1.165, 1.54) is 0 Å². The maximum Gasteiger partial charge on any atom is 0.229 e. The minimum Gasteiger partial charge on any atom is -0.394 e. The van der Waals surface area contributed by atoms with Crippen molar-refractivity contribution in [2.45, 2.75) is 53.1 Å². The number of rotatable bonds is 8. The first-order valence-corrected chi connectivity index (χ1v) is 11.6. The number of nitrogens with one attached hydrogen (secondary N) is 2. The third kappa shape index (κ3) is 5.17. The Morgan fingerprint density at radius 2 is 1.79 bits per heavy atom. The fraction of sp³-hybridized carbons (Fsp3) is 0.385. The second-order valence-electron chi connectivity index (χ2n) is 9.87. The SMILES string of the molecule is CC(C)c1cnn2c(NCc3ccc(-c4ccccn4)cc3)nc(N[C@H](CO)C(C)(C)C)nc12. The predicted molar refractivity (Wildman–Crippen MR) is 136 cm³/mol. The number of benzene rings is 1. The fourth-order valence-electron chi connectivity index (χ4n) is 3.68. The van der Waals surface area contributed by atoms with Gasteiger partial charge in [0.05, 0.1) is 24.5 Å². The van der Waals surface area contributed by atoms with Crippen molar-refractivity contribution in [3.63, 3.8) is 0 Å². The molecule has 34 heavy (non-hydrogen) atoms. The number of hydrogen-bond acceptors (Lipinski definition) is 7. The number of fused-ring (bicyclic) bond motifs is 1. The molecule has 4 rings (SSSR count). The summed E-state index contributed by atoms with van der Waals surface area (Å²) in [5, 5.41) is 21.2. The van der Waals surface area contributed by atoms with Gasteiger partial charge in [-0.25, -0.2) is 0 Å². The lowest BCUT2D eigenvalue weighted by atomic mass is 9.87. The van der Waals surface area contributed by atoms with Gasteiger partial charge in [-0.15, -0.1) is 0 Å². The molecule has 0 unspecified atom stereocenters. The van der Waals surface area contributed by atoms with Gasteiger partial charge in [-0.1, -0.05) is 65.0 Å². The average Bonchev–Trinajstić information content (AvgIpc) is 3.25. The normalized spacial score (nSPS) is 12.8. The molecule has 0 amide bonds. The zero-order valence-corrected chi connectivity index (χ0v) is 20.4. The molecule has 3 aromatic heterocycles. The highest BCUT2D eigenvalue weighted by molar-refractivity contribution is 5.59. The summed E-state index contributed by atoms with van der Waals surface area (Å²) in [7, 11) is 0. The first kappa shape index (κ1) is 23.6. The molecule has 0 fully saturated rings. The number of hydrogen-bond donors (Lipinski definition) is 3. The third-order valence-electron chi connectivity index (χ3n) is 5.91. The van der Waals surface area contributed by atoms with Crippen LogP contribution in [0.25, 0.3) is 16.9 Å². The molecule has 4 aromatic rings. The van der Waals surface area contributed by atoms with Crippen LogP contribution in [0.5, 0.6) is 0 Å². The topological polar surface area (TPSA) is 100 Å². The van der Waals surface area contributed by atoms with Crippen molar-refractivity contribution in [1.82, 2.24) is 24.6 Å². The molecule has 3 N–H and O–H groups in total. The van der Waals surface area contributed by atoms with Crippen LogP contribution in [0.15, 0.2) is 54.9 Å². The van der Waals surface area contributed by atoms with Gasteiger partial charge in [0, 0.05) is 23.9 Å². The second kappa shape index (κ2) is 9.77. The van der Waals surface area contributed by atoms with E-state index in [0.717, 1.165) is 28.0 Å². The molecule has 0 spiro atoms. The van der Waals surface area contributed by atoms with Gasteiger partial charge in [0.1, 0.15) is 0 Å². The standard InChI is InChI=1S/C26H33N7O/c1-17(2)20-15-29-33-23(20)31-24(30-22(16-34)26(3,4)5)32-25(33)28-14-18-9-11-19(12-10-18)21-8-6-7-13-27-21/h6-13,15,17,22,34H,14,16H2,1-5H3,(H2,28,30,31,32)/t22-/m1/s1. The van der Waals surface area contributed by atoms with E-state index < -0.39 is 0 Å². The highest BCUT2D eigenvalue weighted by atomic mass is 16.3. The molecular weight excluding hydrogens is 426 g/mol. The lowest BCUT2D eigenvalue weighted by Gasteiger charge is -2.29. The smallest absolute Gasteiger partial charge is 0.229 e. The molecule has 1 aromatic carbocycles. The lowest BCUT2D eigenvalue weighted by molar-refractivity contribution is 0.201. The van der Waals surface area contributed by atoms with E-state index in [-0.39, 0.29) is 24.0 Å². The molecule has 0 bridgehead atoms. The Morgan fingerprint density at radius 1 is 1.03 bits per heavy atom. The third-order valence-corrected chi connectivity index (χ3v) is 5.91. The monoisotopic (exact) mass is 459 g/mol. The molecule has 0 aliphatic rings. The predicted octanol–water partition coefficient (Wildman–Crippen LogP) is 4.74. The van der Waals surface area contributed by atoms with Gasteiger partial charge in [-0.3, -0.25) is 4.98 Å². The molecule has 178 valence electrons. The number of anilines is 2. The highest BCUT2D eigenvalue weighted by Gasteiger charge is 2.25. The van der Waals surface area contributed by atoms with E-state index in [4.69, 9.17) is 9.97 Å². The summed E-state index contributed by atoms with van der Waals surface area (Å²) in [5.41, 5.74) is 4.78. The number of pyridine rings is 1. The fourth-order valence-corrected chi connectivity index (χ4v) is 3.68. The molecule has 0 saturated carbocycles. The Labute approximate surface area is 200 Å². The lowest BCUT2D eigenvalue weighted by Crippen LogP contribution is -2.37. The number of aromatic nitrogens is 5. The van der Waals surface area contributed by atoms with Crippen molar-refractivity contribution in [2.24, 2.45) is 5.41 Å². The Balaban J connectivity index is 1.60. The zero-order chi connectivity index (χ0) is 24.3. The van der Waals surface area contributed by atoms with Crippen molar-refractivity contribution in [2.75, 3.05) is 17.2 Å². The van der Waals surface area contributed by atoms with Crippen molar-refractivity contribution in [1.29, 1.82) is 0 Å². The number of aliphatic hydroxyl groups excluding tert-OH is 1. The second-order valence-corrected chi connectivity index (χ2v) is 9.87. The molecule has 8 heteroatoms. The first-order chi connectivity index (χ1) is 16.3. The molecule has 0 aliphatic carbocycles. The van der Waals surface area contributed by atoms with Gasteiger partial charge in [0.2, 0.25) is 11.9 Å². The van der Waals surface area contributed by atoms with Crippen LogP contribution in [0.4, 0.5) is 11.9 Å². The Hall–Kier alpha value is -3.52. The quantitative estimate of drug-likeness (QED) is 0.350. The van der Waals surface area contributed by atoms with Crippen molar-refractivity contribution in [3.05, 3.63) is 66.0 Å². The number of aliphatic hydroxyl groups is 1. The summed E-state index contributed by atoms with van der Waals surface area (Å²) >= 11 is 0. The summed E-state index contributed by atoms with van der Waals surface area (Å²) < 4.78 is 1.74. The van der Waals surface area contributed by atoms with Crippen LogP contribution in [-0.4, -0.2) is 42.3 Å². The van der Waals surface area contributed by atoms with Crippen LogP contribution in [0, 0.1) is 5.41 Å². The van der Waals surface area contributed by atoms with Crippen LogP contribution in [0.1, 0.15) is 51.7 Å². The summed E-state index contributed by atoms with van der Waals surface area (Å²) in [4.78, 5) is 13.9. The molecule has 0 aliphatic heterocycles. The van der Waals surface area contributed by atoms with E-state index in [1.807, 2.05) is 24.4 Å². The summed E-state index contributed by atoms with van der Waals surface area (Å²) in [6, 6.07) is 14.0. The first-order valence-electron chi connectivity index (χ1n) is 11.6. The van der Waals surface area contributed by atoms with Gasteiger partial charge in [0.15, 0.2) is 5.65 Å². The van der Waals surface area contributed by atoms with Gasteiger partial charge >= 0.3 is 0 Å². The molecule has 8 nitrogen and oxygen atoms in total. The molecule has 1 atom stereocenters. The summed E-state index contributed by atoms with van der Waals surface area (Å²) in [6.45, 7) is 11.0. The van der Waals surface area contributed by atoms with Crippen LogP contribution < -0.4 is 10.6 Å². The van der Waals surface area contributed by atoms with Gasteiger partial charge in [-0.05, 0) is 29.0 Å². The van der Waals surface area contributed by atoms with E-state index in [2.05, 4.69) is 79.6 Å². The zero-order valence-electron chi connectivity index (χ0n) is 20.4.